The van der Waals surface area contributed by atoms with Crippen molar-refractivity contribution in [3.63, 3.8) is 0 Å². The van der Waals surface area contributed by atoms with Crippen molar-refractivity contribution in [3.8, 4) is 0 Å². The number of esters is 1. The first-order valence-electron chi connectivity index (χ1n) is 8.33. The first kappa shape index (κ1) is 17.0. The number of unbranched alkanes of at least 4 members (excludes halogenated alkanes) is 5. The van der Waals surface area contributed by atoms with Crippen LogP contribution in [0.5, 0.6) is 0 Å². The molecule has 0 aromatic carbocycles. The van der Waals surface area contributed by atoms with Crippen LogP contribution in [0.1, 0.15) is 71.1 Å². The van der Waals surface area contributed by atoms with E-state index in [-0.39, 0.29) is 5.97 Å². The Bertz CT molecular complexity index is 301. The van der Waals surface area contributed by atoms with Crippen molar-refractivity contribution in [2.24, 2.45) is 5.92 Å². The van der Waals surface area contributed by atoms with Gasteiger partial charge in [-0.3, -0.25) is 0 Å². The van der Waals surface area contributed by atoms with Gasteiger partial charge in [0, 0.05) is 6.08 Å². The van der Waals surface area contributed by atoms with Gasteiger partial charge in [0.2, 0.25) is 0 Å². The fraction of sp³-hybridized carbons (Fsp3) is 0.722. The monoisotopic (exact) mass is 278 g/mol. The van der Waals surface area contributed by atoms with Gasteiger partial charge in [0.05, 0.1) is 6.61 Å². The quantitative estimate of drug-likeness (QED) is 0.212. The van der Waals surface area contributed by atoms with E-state index in [0.29, 0.717) is 6.61 Å². The maximum absolute atomic E-state index is 11.4. The minimum absolute atomic E-state index is 0.217. The Kier molecular flexibility index (Phi) is 9.99. The molecule has 0 radical (unpaired) electrons. The molecule has 0 heterocycles. The molecule has 1 rings (SSSR count). The number of ether oxygens (including phenoxy) is 1. The van der Waals surface area contributed by atoms with Crippen LogP contribution in [-0.4, -0.2) is 12.6 Å². The fourth-order valence-corrected chi connectivity index (χ4v) is 2.16. The second-order valence-electron chi connectivity index (χ2n) is 5.74. The summed E-state index contributed by atoms with van der Waals surface area (Å²) in [6.45, 7) is 2.76. The maximum atomic E-state index is 11.4. The van der Waals surface area contributed by atoms with Crippen molar-refractivity contribution < 1.29 is 9.53 Å². The molecule has 20 heavy (non-hydrogen) atoms. The molecule has 0 spiro atoms. The highest BCUT2D eigenvalue weighted by atomic mass is 16.5. The van der Waals surface area contributed by atoms with E-state index in [0.717, 1.165) is 18.8 Å². The third-order valence-electron chi connectivity index (χ3n) is 3.65. The molecular weight excluding hydrogens is 248 g/mol. The van der Waals surface area contributed by atoms with Gasteiger partial charge in [-0.25, -0.2) is 4.79 Å². The molecule has 0 bridgehead atoms. The van der Waals surface area contributed by atoms with E-state index >= 15 is 0 Å². The van der Waals surface area contributed by atoms with Crippen LogP contribution in [0.4, 0.5) is 0 Å². The van der Waals surface area contributed by atoms with Gasteiger partial charge in [-0.05, 0) is 25.2 Å². The fourth-order valence-electron chi connectivity index (χ4n) is 2.16. The number of carbonyl (C=O) groups is 1. The first-order chi connectivity index (χ1) is 9.83. The predicted molar refractivity (Wildman–Crippen MR) is 84.6 cm³/mol. The first-order valence-corrected chi connectivity index (χ1v) is 8.33. The number of hydrogen-bond acceptors (Lipinski definition) is 2. The summed E-state index contributed by atoms with van der Waals surface area (Å²) in [4.78, 5) is 11.4. The molecule has 0 N–H and O–H groups in total. The van der Waals surface area contributed by atoms with Crippen molar-refractivity contribution >= 4 is 5.97 Å². The predicted octanol–water partition coefficient (Wildman–Crippen LogP) is 5.19. The molecular formula is C18H30O2. The van der Waals surface area contributed by atoms with E-state index in [1.165, 1.54) is 57.4 Å². The van der Waals surface area contributed by atoms with Crippen molar-refractivity contribution in [2.75, 3.05) is 6.61 Å². The van der Waals surface area contributed by atoms with Crippen molar-refractivity contribution in [1.29, 1.82) is 0 Å². The molecule has 114 valence electrons. The highest BCUT2D eigenvalue weighted by Crippen LogP contribution is 2.33. The van der Waals surface area contributed by atoms with Gasteiger partial charge >= 0.3 is 5.97 Å². The van der Waals surface area contributed by atoms with Crippen LogP contribution in [0.2, 0.25) is 0 Å². The number of rotatable bonds is 12. The van der Waals surface area contributed by atoms with Gasteiger partial charge in [0.15, 0.2) is 0 Å². The normalized spacial score (nSPS) is 15.2. The van der Waals surface area contributed by atoms with E-state index < -0.39 is 0 Å². The number of carbonyl (C=O) groups excluding carboxylic acids is 1. The average Bonchev–Trinajstić information content (AvgIpc) is 3.26. The van der Waals surface area contributed by atoms with E-state index in [9.17, 15) is 4.79 Å². The minimum atomic E-state index is -0.217. The Morgan fingerprint density at radius 2 is 1.95 bits per heavy atom. The highest BCUT2D eigenvalue weighted by molar-refractivity contribution is 5.82. The Labute approximate surface area is 124 Å². The van der Waals surface area contributed by atoms with Gasteiger partial charge in [-0.1, -0.05) is 70.1 Å². The standard InChI is InChI=1S/C18H30O2/c1-2-3-4-5-6-7-10-13-18(19)20-16-11-8-9-12-17-14-15-17/h6-7,10,13,17H,2-5,8-9,11-12,14-16H2,1H3. The van der Waals surface area contributed by atoms with Gasteiger partial charge in [0.25, 0.3) is 0 Å². The zero-order valence-corrected chi connectivity index (χ0v) is 13.0. The summed E-state index contributed by atoms with van der Waals surface area (Å²) in [7, 11) is 0. The zero-order valence-electron chi connectivity index (χ0n) is 13.0. The molecule has 1 saturated carbocycles. The van der Waals surface area contributed by atoms with Crippen LogP contribution in [0.3, 0.4) is 0 Å². The number of allylic oxidation sites excluding steroid dienone is 3. The summed E-state index contributed by atoms with van der Waals surface area (Å²) in [5.41, 5.74) is 0. The molecule has 2 nitrogen and oxygen atoms in total. The third-order valence-corrected chi connectivity index (χ3v) is 3.65. The highest BCUT2D eigenvalue weighted by Gasteiger charge is 2.19. The van der Waals surface area contributed by atoms with Crippen molar-refractivity contribution in [2.45, 2.75) is 71.1 Å². The lowest BCUT2D eigenvalue weighted by Gasteiger charge is -2.01. The molecule has 2 heteroatoms. The SMILES string of the molecule is CCCCCC=CC=CC(=O)OCCCCCC1CC1. The van der Waals surface area contributed by atoms with Crippen LogP contribution >= 0.6 is 0 Å². The van der Waals surface area contributed by atoms with Crippen LogP contribution in [-0.2, 0) is 9.53 Å². The lowest BCUT2D eigenvalue weighted by Crippen LogP contribution is -2.02. The van der Waals surface area contributed by atoms with Crippen LogP contribution in [0.15, 0.2) is 24.3 Å². The van der Waals surface area contributed by atoms with E-state index in [2.05, 4.69) is 13.0 Å². The largest absolute Gasteiger partial charge is 0.463 e. The Morgan fingerprint density at radius 3 is 2.70 bits per heavy atom. The topological polar surface area (TPSA) is 26.3 Å². The molecule has 0 atom stereocenters. The molecule has 1 aliphatic carbocycles. The second-order valence-corrected chi connectivity index (χ2v) is 5.74. The Balaban J connectivity index is 1.87. The average molecular weight is 278 g/mol. The van der Waals surface area contributed by atoms with Crippen LogP contribution in [0.25, 0.3) is 0 Å². The van der Waals surface area contributed by atoms with E-state index in [4.69, 9.17) is 4.74 Å². The Hall–Kier alpha value is -1.05. The smallest absolute Gasteiger partial charge is 0.330 e. The summed E-state index contributed by atoms with van der Waals surface area (Å²) in [5, 5.41) is 0. The summed E-state index contributed by atoms with van der Waals surface area (Å²) in [6.07, 6.45) is 19.9. The molecule has 1 fully saturated rings. The van der Waals surface area contributed by atoms with Crippen molar-refractivity contribution in [3.05, 3.63) is 24.3 Å². The lowest BCUT2D eigenvalue weighted by molar-refractivity contribution is -0.137. The maximum Gasteiger partial charge on any atom is 0.330 e. The second kappa shape index (κ2) is 11.7. The van der Waals surface area contributed by atoms with Gasteiger partial charge < -0.3 is 4.74 Å². The molecule has 0 saturated heterocycles. The van der Waals surface area contributed by atoms with Gasteiger partial charge in [-0.15, -0.1) is 0 Å². The van der Waals surface area contributed by atoms with E-state index in [1.54, 1.807) is 6.08 Å². The molecule has 0 aliphatic heterocycles. The summed E-state index contributed by atoms with van der Waals surface area (Å²) >= 11 is 0. The molecule has 0 aromatic heterocycles. The Morgan fingerprint density at radius 1 is 1.10 bits per heavy atom. The van der Waals surface area contributed by atoms with Crippen molar-refractivity contribution in [1.82, 2.24) is 0 Å². The van der Waals surface area contributed by atoms with Crippen LogP contribution < -0.4 is 0 Å². The lowest BCUT2D eigenvalue weighted by atomic mass is 10.1. The minimum Gasteiger partial charge on any atom is -0.463 e. The third kappa shape index (κ3) is 10.8. The summed E-state index contributed by atoms with van der Waals surface area (Å²) in [6, 6.07) is 0. The molecule has 0 aromatic rings. The summed E-state index contributed by atoms with van der Waals surface area (Å²) < 4.78 is 5.15. The zero-order chi connectivity index (χ0) is 14.5. The summed E-state index contributed by atoms with van der Waals surface area (Å²) in [5.74, 6) is 0.801. The van der Waals surface area contributed by atoms with Gasteiger partial charge in [0.1, 0.15) is 0 Å². The molecule has 0 amide bonds. The molecule has 0 unspecified atom stereocenters. The van der Waals surface area contributed by atoms with E-state index in [1.807, 2.05) is 6.08 Å². The number of hydrogen-bond donors (Lipinski definition) is 0. The van der Waals surface area contributed by atoms with Gasteiger partial charge in [-0.2, -0.15) is 0 Å². The van der Waals surface area contributed by atoms with Crippen LogP contribution in [0, 0.1) is 5.92 Å². The molecule has 1 aliphatic rings.